The predicted octanol–water partition coefficient (Wildman–Crippen LogP) is -0.108. The van der Waals surface area contributed by atoms with Gasteiger partial charge in [0.25, 0.3) is 0 Å². The second-order valence-electron chi connectivity index (χ2n) is 4.08. The highest BCUT2D eigenvalue weighted by Crippen LogP contribution is 2.04. The molecule has 0 saturated carbocycles. The number of hydrogen-bond donors (Lipinski definition) is 0. The van der Waals surface area contributed by atoms with Crippen LogP contribution in [-0.2, 0) is 0 Å². The predicted molar refractivity (Wildman–Crippen MR) is 72.5 cm³/mol. The van der Waals surface area contributed by atoms with Crippen molar-refractivity contribution < 1.29 is 0 Å². The molecule has 1 aliphatic rings. The zero-order valence-corrected chi connectivity index (χ0v) is 10.4. The average Bonchev–Trinajstić information content (AvgIpc) is 3.22. The Morgan fingerprint density at radius 2 is 1.85 bits per heavy atom. The molecule has 0 spiro atoms. The maximum absolute atomic E-state index is 4.51. The van der Waals surface area contributed by atoms with Crippen molar-refractivity contribution in [2.24, 2.45) is 5.10 Å². The number of rotatable bonds is 1. The SMILES string of the molecule is c1ccn(N2N=C(n3cccn3)[N+]=C2n2ccnc2)c1. The van der Waals surface area contributed by atoms with Crippen molar-refractivity contribution in [3.05, 3.63) is 61.7 Å². The molecule has 0 bridgehead atoms. The maximum Gasteiger partial charge on any atom is 0.409 e. The minimum Gasteiger partial charge on any atom is -0.235 e. The summed E-state index contributed by atoms with van der Waals surface area (Å²) in [5.74, 6) is 1.12. The van der Waals surface area contributed by atoms with E-state index in [0.717, 1.165) is 0 Å². The fourth-order valence-electron chi connectivity index (χ4n) is 1.92. The van der Waals surface area contributed by atoms with E-state index in [2.05, 4.69) is 20.2 Å². The third kappa shape index (κ3) is 1.62. The first-order chi connectivity index (χ1) is 9.92. The fourth-order valence-corrected chi connectivity index (χ4v) is 1.92. The van der Waals surface area contributed by atoms with Crippen LogP contribution in [0.2, 0.25) is 0 Å². The highest BCUT2D eigenvalue weighted by Gasteiger charge is 2.33. The van der Waals surface area contributed by atoms with E-state index >= 15 is 0 Å². The fraction of sp³-hybridized carbons (Fsp3) is 0. The summed E-state index contributed by atoms with van der Waals surface area (Å²) in [7, 11) is 0. The first kappa shape index (κ1) is 10.7. The van der Waals surface area contributed by atoms with Gasteiger partial charge >= 0.3 is 11.9 Å². The van der Waals surface area contributed by atoms with Gasteiger partial charge < -0.3 is 0 Å². The van der Waals surface area contributed by atoms with Gasteiger partial charge in [-0.05, 0) is 23.3 Å². The highest BCUT2D eigenvalue weighted by atomic mass is 15.8. The Balaban J connectivity index is 1.81. The van der Waals surface area contributed by atoms with Crippen LogP contribution in [0.25, 0.3) is 0 Å². The molecule has 1 aliphatic heterocycles. The number of nitrogens with zero attached hydrogens (tertiary/aromatic N) is 8. The normalized spacial score (nSPS) is 14.5. The summed E-state index contributed by atoms with van der Waals surface area (Å²) in [6.07, 6.45) is 12.5. The number of aliphatic imine (C=N–C) groups is 1. The maximum atomic E-state index is 4.51. The van der Waals surface area contributed by atoms with Crippen molar-refractivity contribution in [2.75, 3.05) is 5.12 Å². The van der Waals surface area contributed by atoms with Gasteiger partial charge in [-0.1, -0.05) is 4.99 Å². The molecule has 4 heterocycles. The molecule has 0 N–H and O–H groups in total. The lowest BCUT2D eigenvalue weighted by Crippen LogP contribution is -2.38. The molecule has 0 fully saturated rings. The van der Waals surface area contributed by atoms with Gasteiger partial charge in [-0.2, -0.15) is 0 Å². The number of aromatic nitrogens is 5. The molecule has 8 heteroatoms. The smallest absolute Gasteiger partial charge is 0.235 e. The topological polar surface area (TPSA) is 70.3 Å². The van der Waals surface area contributed by atoms with Crippen molar-refractivity contribution in [1.82, 2.24) is 29.0 Å². The van der Waals surface area contributed by atoms with Gasteiger partial charge in [0.2, 0.25) is 0 Å². The van der Waals surface area contributed by atoms with E-state index in [4.69, 9.17) is 0 Å². The second kappa shape index (κ2) is 4.19. The molecule has 4 rings (SSSR count). The van der Waals surface area contributed by atoms with Crippen molar-refractivity contribution in [3.63, 3.8) is 0 Å². The lowest BCUT2D eigenvalue weighted by Gasteiger charge is -2.08. The van der Waals surface area contributed by atoms with Crippen LogP contribution in [0.5, 0.6) is 0 Å². The second-order valence-corrected chi connectivity index (χ2v) is 4.08. The van der Waals surface area contributed by atoms with Crippen LogP contribution >= 0.6 is 0 Å². The van der Waals surface area contributed by atoms with Gasteiger partial charge in [0.05, 0.1) is 24.8 Å². The molecular weight excluding hydrogens is 256 g/mol. The molecule has 0 saturated heterocycles. The van der Waals surface area contributed by atoms with Crippen LogP contribution in [-0.4, -0.2) is 35.9 Å². The van der Waals surface area contributed by atoms with E-state index in [1.54, 1.807) is 39.3 Å². The largest absolute Gasteiger partial charge is 0.409 e. The van der Waals surface area contributed by atoms with Crippen molar-refractivity contribution in [2.45, 2.75) is 0 Å². The summed E-state index contributed by atoms with van der Waals surface area (Å²) in [5.41, 5.74) is 0. The molecule has 0 aromatic carbocycles. The van der Waals surface area contributed by atoms with Crippen LogP contribution in [0, 0.1) is 0 Å². The minimum absolute atomic E-state index is 0.493. The van der Waals surface area contributed by atoms with Crippen molar-refractivity contribution >= 4 is 11.9 Å². The summed E-state index contributed by atoms with van der Waals surface area (Å²) in [4.78, 5) is 8.55. The summed E-state index contributed by atoms with van der Waals surface area (Å²) in [5, 5.41) is 10.3. The van der Waals surface area contributed by atoms with E-state index in [9.17, 15) is 0 Å². The summed E-state index contributed by atoms with van der Waals surface area (Å²) in [6, 6.07) is 5.67. The van der Waals surface area contributed by atoms with Crippen LogP contribution in [0.3, 0.4) is 0 Å². The molecule has 20 heavy (non-hydrogen) atoms. The molecule has 1 radical (unpaired) electrons. The Hall–Kier alpha value is -3.16. The number of hydrazone groups is 1. The quantitative estimate of drug-likeness (QED) is 0.617. The Morgan fingerprint density at radius 1 is 0.950 bits per heavy atom. The van der Waals surface area contributed by atoms with E-state index in [1.807, 2.05) is 41.5 Å². The molecule has 3 aromatic rings. The van der Waals surface area contributed by atoms with Crippen LogP contribution in [0.15, 0.2) is 66.8 Å². The molecule has 3 aromatic heterocycles. The summed E-state index contributed by atoms with van der Waals surface area (Å²) < 4.78 is 5.23. The third-order valence-corrected chi connectivity index (χ3v) is 2.82. The Kier molecular flexibility index (Phi) is 2.25. The minimum atomic E-state index is 0.493. The summed E-state index contributed by atoms with van der Waals surface area (Å²) in [6.45, 7) is 0. The lowest BCUT2D eigenvalue weighted by atomic mass is 10.7. The van der Waals surface area contributed by atoms with Gasteiger partial charge in [-0.25, -0.2) is 14.2 Å². The summed E-state index contributed by atoms with van der Waals surface area (Å²) >= 11 is 0. The van der Waals surface area contributed by atoms with Crippen LogP contribution in [0.1, 0.15) is 0 Å². The van der Waals surface area contributed by atoms with Gasteiger partial charge in [0.1, 0.15) is 6.33 Å². The first-order valence-corrected chi connectivity index (χ1v) is 6.01. The molecule has 0 unspecified atom stereocenters. The Morgan fingerprint density at radius 3 is 2.55 bits per heavy atom. The van der Waals surface area contributed by atoms with Gasteiger partial charge in [-0.3, -0.25) is 0 Å². The van der Waals surface area contributed by atoms with Crippen LogP contribution < -0.4 is 10.1 Å². The zero-order valence-electron chi connectivity index (χ0n) is 10.4. The Labute approximate surface area is 113 Å². The van der Waals surface area contributed by atoms with E-state index < -0.39 is 0 Å². The van der Waals surface area contributed by atoms with E-state index in [1.165, 1.54) is 0 Å². The van der Waals surface area contributed by atoms with Crippen molar-refractivity contribution in [1.29, 1.82) is 0 Å². The van der Waals surface area contributed by atoms with Crippen LogP contribution in [0.4, 0.5) is 0 Å². The highest BCUT2D eigenvalue weighted by molar-refractivity contribution is 6.04. The van der Waals surface area contributed by atoms with Crippen molar-refractivity contribution in [3.8, 4) is 0 Å². The van der Waals surface area contributed by atoms with Gasteiger partial charge in [0.15, 0.2) is 0 Å². The molecule has 0 aliphatic carbocycles. The molecule has 0 amide bonds. The molecule has 97 valence electrons. The van der Waals surface area contributed by atoms with E-state index in [0.29, 0.717) is 11.9 Å². The van der Waals surface area contributed by atoms with Gasteiger partial charge in [-0.15, -0.1) is 9.78 Å². The van der Waals surface area contributed by atoms with Gasteiger partial charge in [0, 0.05) is 17.5 Å². The number of imidazole rings is 1. The molecule has 0 atom stereocenters. The first-order valence-electron chi connectivity index (χ1n) is 6.01. The average molecular weight is 266 g/mol. The number of hydrogen-bond acceptors (Lipinski definition) is 5. The van der Waals surface area contributed by atoms with E-state index in [-0.39, 0.29) is 0 Å². The lowest BCUT2D eigenvalue weighted by molar-refractivity contribution is 0.739. The standard InChI is InChI=1S/C12H10N8/c1-2-7-18(6-1)20-12(17-9-5-13-10-17)15-11(16-20)19-8-3-4-14-19/h1-10H/q+1. The molecular formula is C12H10N8+. The zero-order chi connectivity index (χ0) is 13.4. The molecule has 8 nitrogen and oxygen atoms in total. The monoisotopic (exact) mass is 266 g/mol. The Bertz CT molecular complexity index is 749. The third-order valence-electron chi connectivity index (χ3n) is 2.82.